The van der Waals surface area contributed by atoms with E-state index in [1.807, 2.05) is 49.4 Å². The van der Waals surface area contributed by atoms with E-state index in [1.54, 1.807) is 37.5 Å². The van der Waals surface area contributed by atoms with Crippen LogP contribution in [0.3, 0.4) is 0 Å². The van der Waals surface area contributed by atoms with Gasteiger partial charge < -0.3 is 14.2 Å². The van der Waals surface area contributed by atoms with E-state index < -0.39 is 5.97 Å². The molecule has 0 aliphatic heterocycles. The zero-order valence-corrected chi connectivity index (χ0v) is 20.9. The summed E-state index contributed by atoms with van der Waals surface area (Å²) in [5, 5.41) is 3.96. The van der Waals surface area contributed by atoms with Crippen molar-refractivity contribution >= 4 is 24.2 Å². The Hall–Kier alpha value is -4.39. The van der Waals surface area contributed by atoms with Gasteiger partial charge >= 0.3 is 5.97 Å². The van der Waals surface area contributed by atoms with Gasteiger partial charge in [-0.1, -0.05) is 38.1 Å². The molecule has 3 rings (SSSR count). The summed E-state index contributed by atoms with van der Waals surface area (Å²) in [6.45, 7) is 5.99. The Bertz CT molecular complexity index is 1230. The fourth-order valence-electron chi connectivity index (χ4n) is 3.25. The molecule has 0 aliphatic carbocycles. The van der Waals surface area contributed by atoms with Gasteiger partial charge in [0.1, 0.15) is 17.2 Å². The van der Waals surface area contributed by atoms with E-state index >= 15 is 0 Å². The van der Waals surface area contributed by atoms with Crippen LogP contribution in [0.4, 0.5) is 0 Å². The van der Waals surface area contributed by atoms with Crippen LogP contribution in [-0.2, 0) is 9.59 Å². The number of ether oxygens (including phenoxy) is 3. The number of carbonyl (C=O) groups excluding carboxylic acids is 2. The summed E-state index contributed by atoms with van der Waals surface area (Å²) in [6.07, 6.45) is 4.52. The summed E-state index contributed by atoms with van der Waals surface area (Å²) in [5.41, 5.74) is 6.15. The Morgan fingerprint density at radius 1 is 0.944 bits per heavy atom. The number of benzene rings is 3. The van der Waals surface area contributed by atoms with Gasteiger partial charge in [-0.2, -0.15) is 5.10 Å². The number of hydrogen-bond donors (Lipinski definition) is 1. The van der Waals surface area contributed by atoms with Gasteiger partial charge in [-0.25, -0.2) is 10.2 Å². The number of esters is 1. The number of nitrogens with zero attached hydrogens (tertiary/aromatic N) is 1. The third-order valence-electron chi connectivity index (χ3n) is 5.18. The molecule has 0 saturated heterocycles. The normalized spacial score (nSPS) is 11.1. The topological polar surface area (TPSA) is 86.2 Å². The van der Waals surface area contributed by atoms with Gasteiger partial charge in [-0.05, 0) is 83.6 Å². The van der Waals surface area contributed by atoms with E-state index in [-0.39, 0.29) is 18.4 Å². The van der Waals surface area contributed by atoms with Crippen molar-refractivity contribution in [3.05, 3.63) is 95.1 Å². The Balaban J connectivity index is 1.46. The van der Waals surface area contributed by atoms with Crippen LogP contribution in [0.5, 0.6) is 17.2 Å². The third kappa shape index (κ3) is 8.13. The highest BCUT2D eigenvalue weighted by molar-refractivity contribution is 5.89. The fraction of sp³-hybridized carbons (Fsp3) is 0.207. The van der Waals surface area contributed by atoms with Crippen LogP contribution < -0.4 is 19.6 Å². The fourth-order valence-corrected chi connectivity index (χ4v) is 3.25. The SMILES string of the molecule is COc1ccc(C=CC(=O)Oc2ccc(C=NNC(=O)COc3cc(C)ccc3C(C)C)cc2)cc1. The molecule has 0 radical (unpaired) electrons. The second-order valence-electron chi connectivity index (χ2n) is 8.37. The van der Waals surface area contributed by atoms with Crippen molar-refractivity contribution in [1.82, 2.24) is 5.43 Å². The van der Waals surface area contributed by atoms with Crippen molar-refractivity contribution in [2.45, 2.75) is 26.7 Å². The standard InChI is InChI=1S/C29H30N2O5/c1-20(2)26-15-5-21(3)17-27(26)35-19-28(32)31-30-18-23-8-13-25(14-9-23)36-29(33)16-10-22-6-11-24(34-4)12-7-22/h5-18,20H,19H2,1-4H3,(H,31,32). The summed E-state index contributed by atoms with van der Waals surface area (Å²) in [7, 11) is 1.60. The lowest BCUT2D eigenvalue weighted by Crippen LogP contribution is -2.25. The first-order valence-corrected chi connectivity index (χ1v) is 11.5. The van der Waals surface area contributed by atoms with Crippen LogP contribution in [0.1, 0.15) is 42.0 Å². The monoisotopic (exact) mass is 486 g/mol. The molecule has 7 heteroatoms. The molecule has 3 aromatic carbocycles. The smallest absolute Gasteiger partial charge is 0.336 e. The number of hydrogen-bond acceptors (Lipinski definition) is 6. The first-order chi connectivity index (χ1) is 17.3. The molecule has 36 heavy (non-hydrogen) atoms. The molecule has 0 fully saturated rings. The highest BCUT2D eigenvalue weighted by Gasteiger charge is 2.10. The van der Waals surface area contributed by atoms with Gasteiger partial charge in [0.05, 0.1) is 13.3 Å². The van der Waals surface area contributed by atoms with Gasteiger partial charge in [-0.15, -0.1) is 0 Å². The van der Waals surface area contributed by atoms with Crippen LogP contribution in [-0.4, -0.2) is 31.8 Å². The highest BCUT2D eigenvalue weighted by atomic mass is 16.5. The van der Waals surface area contributed by atoms with Gasteiger partial charge in [0.15, 0.2) is 6.61 Å². The van der Waals surface area contributed by atoms with E-state index in [2.05, 4.69) is 24.4 Å². The maximum absolute atomic E-state index is 12.1. The van der Waals surface area contributed by atoms with Crippen molar-refractivity contribution < 1.29 is 23.8 Å². The summed E-state index contributed by atoms with van der Waals surface area (Å²) >= 11 is 0. The van der Waals surface area contributed by atoms with Gasteiger partial charge in [0.25, 0.3) is 5.91 Å². The lowest BCUT2D eigenvalue weighted by Gasteiger charge is -2.14. The maximum Gasteiger partial charge on any atom is 0.336 e. The number of methoxy groups -OCH3 is 1. The molecule has 0 aliphatic rings. The van der Waals surface area contributed by atoms with Gasteiger partial charge in [0, 0.05) is 6.08 Å². The number of nitrogens with one attached hydrogen (secondary N) is 1. The molecule has 0 aromatic heterocycles. The largest absolute Gasteiger partial charge is 0.497 e. The van der Waals surface area contributed by atoms with Gasteiger partial charge in [-0.3, -0.25) is 4.79 Å². The van der Waals surface area contributed by atoms with Crippen molar-refractivity contribution in [2.24, 2.45) is 5.10 Å². The van der Waals surface area contributed by atoms with Crippen LogP contribution in [0.25, 0.3) is 6.08 Å². The summed E-state index contributed by atoms with van der Waals surface area (Å²) < 4.78 is 16.1. The number of amides is 1. The van der Waals surface area contributed by atoms with Crippen LogP contribution in [0.2, 0.25) is 0 Å². The van der Waals surface area contributed by atoms with Crippen molar-refractivity contribution in [3.63, 3.8) is 0 Å². The zero-order valence-electron chi connectivity index (χ0n) is 20.9. The maximum atomic E-state index is 12.1. The molecule has 7 nitrogen and oxygen atoms in total. The van der Waals surface area contributed by atoms with Crippen LogP contribution in [0, 0.1) is 6.92 Å². The predicted molar refractivity (Wildman–Crippen MR) is 141 cm³/mol. The summed E-state index contributed by atoms with van der Waals surface area (Å²) in [6, 6.07) is 20.0. The first kappa shape index (κ1) is 26.2. The summed E-state index contributed by atoms with van der Waals surface area (Å²) in [5.74, 6) is 1.27. The minimum atomic E-state index is -0.492. The number of hydrazone groups is 1. The first-order valence-electron chi connectivity index (χ1n) is 11.5. The number of carbonyl (C=O) groups is 2. The minimum Gasteiger partial charge on any atom is -0.497 e. The molecule has 0 bridgehead atoms. The number of aryl methyl sites for hydroxylation is 1. The van der Waals surface area contributed by atoms with Crippen LogP contribution in [0.15, 0.2) is 77.9 Å². The minimum absolute atomic E-state index is 0.139. The molecular weight excluding hydrogens is 456 g/mol. The molecule has 0 heterocycles. The Morgan fingerprint density at radius 2 is 1.61 bits per heavy atom. The summed E-state index contributed by atoms with van der Waals surface area (Å²) in [4.78, 5) is 24.2. The molecule has 0 spiro atoms. The Kier molecular flexibility index (Phi) is 9.40. The van der Waals surface area contributed by atoms with E-state index in [9.17, 15) is 9.59 Å². The second kappa shape index (κ2) is 12.9. The average molecular weight is 487 g/mol. The lowest BCUT2D eigenvalue weighted by atomic mass is 10.0. The quantitative estimate of drug-likeness (QED) is 0.139. The van der Waals surface area contributed by atoms with Crippen molar-refractivity contribution in [2.75, 3.05) is 13.7 Å². The highest BCUT2D eigenvalue weighted by Crippen LogP contribution is 2.27. The van der Waals surface area contributed by atoms with Gasteiger partial charge in [0.2, 0.25) is 0 Å². The van der Waals surface area contributed by atoms with E-state index in [0.717, 1.165) is 28.0 Å². The van der Waals surface area contributed by atoms with E-state index in [1.165, 1.54) is 12.3 Å². The molecule has 186 valence electrons. The molecule has 0 saturated carbocycles. The molecule has 0 atom stereocenters. The van der Waals surface area contributed by atoms with E-state index in [4.69, 9.17) is 14.2 Å². The Morgan fingerprint density at radius 3 is 2.28 bits per heavy atom. The third-order valence-corrected chi connectivity index (χ3v) is 5.18. The van der Waals surface area contributed by atoms with Crippen molar-refractivity contribution in [3.8, 4) is 17.2 Å². The molecule has 3 aromatic rings. The second-order valence-corrected chi connectivity index (χ2v) is 8.37. The molecule has 1 N–H and O–H groups in total. The van der Waals surface area contributed by atoms with Crippen molar-refractivity contribution in [1.29, 1.82) is 0 Å². The average Bonchev–Trinajstić information content (AvgIpc) is 2.87. The molecule has 1 amide bonds. The Labute approximate surface area is 211 Å². The zero-order chi connectivity index (χ0) is 25.9. The van der Waals surface area contributed by atoms with Crippen LogP contribution >= 0.6 is 0 Å². The molecular formula is C29H30N2O5. The number of rotatable bonds is 10. The lowest BCUT2D eigenvalue weighted by molar-refractivity contribution is -0.129. The van der Waals surface area contributed by atoms with E-state index in [0.29, 0.717) is 11.5 Å². The predicted octanol–water partition coefficient (Wildman–Crippen LogP) is 5.27. The molecule has 0 unspecified atom stereocenters.